The number of aryl methyl sites for hydroxylation is 1. The first kappa shape index (κ1) is 10.1. The van der Waals surface area contributed by atoms with E-state index in [0.717, 1.165) is 17.2 Å². The van der Waals surface area contributed by atoms with Crippen LogP contribution in [0.5, 0.6) is 0 Å². The predicted octanol–water partition coefficient (Wildman–Crippen LogP) is 1.32. The van der Waals surface area contributed by atoms with E-state index in [9.17, 15) is 0 Å². The number of hydrogen-bond donors (Lipinski definition) is 1. The lowest BCUT2D eigenvalue weighted by Crippen LogP contribution is -2.34. The number of pyridine rings is 1. The van der Waals surface area contributed by atoms with Gasteiger partial charge >= 0.3 is 0 Å². The molecular formula is C11H16N4. The van der Waals surface area contributed by atoms with Gasteiger partial charge in [0.25, 0.3) is 0 Å². The quantitative estimate of drug-likeness (QED) is 0.802. The zero-order chi connectivity index (χ0) is 11.1. The molecule has 0 amide bonds. The molecule has 0 bridgehead atoms. The highest BCUT2D eigenvalue weighted by atomic mass is 15.3. The first-order valence-corrected chi connectivity index (χ1v) is 5.06. The molecule has 0 saturated heterocycles. The summed E-state index contributed by atoms with van der Waals surface area (Å²) in [4.78, 5) is 4.43. The van der Waals surface area contributed by atoms with Gasteiger partial charge in [-0.1, -0.05) is 6.07 Å². The molecule has 15 heavy (non-hydrogen) atoms. The molecule has 2 aromatic rings. The third-order valence-electron chi connectivity index (χ3n) is 2.21. The number of nitrogens with zero attached hydrogens (tertiary/aromatic N) is 3. The van der Waals surface area contributed by atoms with Crippen LogP contribution in [-0.4, -0.2) is 20.1 Å². The van der Waals surface area contributed by atoms with Crippen LogP contribution < -0.4 is 5.73 Å². The molecule has 80 valence electrons. The lowest BCUT2D eigenvalue weighted by atomic mass is 10.0. The number of rotatable bonds is 2. The monoisotopic (exact) mass is 204 g/mol. The summed E-state index contributed by atoms with van der Waals surface area (Å²) in [5.41, 5.74) is 7.64. The van der Waals surface area contributed by atoms with Gasteiger partial charge in [-0.25, -0.2) is 9.50 Å². The fourth-order valence-corrected chi connectivity index (χ4v) is 1.56. The zero-order valence-electron chi connectivity index (χ0n) is 9.36. The molecule has 0 spiro atoms. The first-order chi connectivity index (χ1) is 6.96. The number of aromatic nitrogens is 3. The van der Waals surface area contributed by atoms with Gasteiger partial charge in [0, 0.05) is 17.7 Å². The van der Waals surface area contributed by atoms with Crippen molar-refractivity contribution in [1.29, 1.82) is 0 Å². The lowest BCUT2D eigenvalue weighted by molar-refractivity contribution is 0.502. The highest BCUT2D eigenvalue weighted by Crippen LogP contribution is 2.09. The third kappa shape index (κ3) is 2.15. The summed E-state index contributed by atoms with van der Waals surface area (Å²) in [5, 5.41) is 4.42. The largest absolute Gasteiger partial charge is 0.325 e. The van der Waals surface area contributed by atoms with E-state index in [1.165, 1.54) is 0 Å². The van der Waals surface area contributed by atoms with Crippen molar-refractivity contribution in [2.75, 3.05) is 0 Å². The SMILES string of the molecule is Cc1cccc2nc(CC(C)(C)N)nn12. The zero-order valence-corrected chi connectivity index (χ0v) is 9.36. The molecular weight excluding hydrogens is 188 g/mol. The molecule has 2 rings (SSSR count). The Hall–Kier alpha value is -1.42. The van der Waals surface area contributed by atoms with Crippen molar-refractivity contribution in [1.82, 2.24) is 14.6 Å². The average Bonchev–Trinajstić information content (AvgIpc) is 2.45. The molecule has 0 aliphatic heterocycles. The van der Waals surface area contributed by atoms with Crippen molar-refractivity contribution in [3.05, 3.63) is 29.7 Å². The summed E-state index contributed by atoms with van der Waals surface area (Å²) < 4.78 is 1.85. The van der Waals surface area contributed by atoms with Gasteiger partial charge in [0.15, 0.2) is 11.5 Å². The molecule has 0 atom stereocenters. The third-order valence-corrected chi connectivity index (χ3v) is 2.21. The minimum atomic E-state index is -0.265. The van der Waals surface area contributed by atoms with Crippen LogP contribution in [0.25, 0.3) is 5.65 Å². The Kier molecular flexibility index (Phi) is 2.23. The lowest BCUT2D eigenvalue weighted by Gasteiger charge is -2.14. The Balaban J connectivity index is 2.44. The van der Waals surface area contributed by atoms with Crippen LogP contribution in [0.4, 0.5) is 0 Å². The molecule has 0 radical (unpaired) electrons. The fraction of sp³-hybridized carbons (Fsp3) is 0.455. The van der Waals surface area contributed by atoms with Gasteiger partial charge < -0.3 is 5.73 Å². The van der Waals surface area contributed by atoms with E-state index in [1.54, 1.807) is 0 Å². The summed E-state index contributed by atoms with van der Waals surface area (Å²) in [7, 11) is 0. The molecule has 4 nitrogen and oxygen atoms in total. The number of hydrogen-bond acceptors (Lipinski definition) is 3. The van der Waals surface area contributed by atoms with E-state index in [-0.39, 0.29) is 5.54 Å². The van der Waals surface area contributed by atoms with Crippen molar-refractivity contribution in [2.24, 2.45) is 5.73 Å². The van der Waals surface area contributed by atoms with Crippen molar-refractivity contribution in [3.63, 3.8) is 0 Å². The smallest absolute Gasteiger partial charge is 0.155 e. The topological polar surface area (TPSA) is 56.2 Å². The van der Waals surface area contributed by atoms with Gasteiger partial charge in [0.2, 0.25) is 0 Å². The van der Waals surface area contributed by atoms with Gasteiger partial charge in [-0.05, 0) is 32.9 Å². The summed E-state index contributed by atoms with van der Waals surface area (Å²) in [6.45, 7) is 5.97. The first-order valence-electron chi connectivity index (χ1n) is 5.06. The van der Waals surface area contributed by atoms with Gasteiger partial charge in [-0.15, -0.1) is 0 Å². The Labute approximate surface area is 89.1 Å². The standard InChI is InChI=1S/C11H16N4/c1-8-5-4-6-10-13-9(14-15(8)10)7-11(2,3)12/h4-6H,7,12H2,1-3H3. The highest BCUT2D eigenvalue weighted by molar-refractivity contribution is 5.38. The molecule has 2 heterocycles. The maximum atomic E-state index is 5.94. The van der Waals surface area contributed by atoms with Crippen LogP contribution in [0.2, 0.25) is 0 Å². The second kappa shape index (κ2) is 3.31. The second-order valence-corrected chi connectivity index (χ2v) is 4.63. The van der Waals surface area contributed by atoms with Crippen molar-refractivity contribution in [2.45, 2.75) is 32.7 Å². The summed E-state index contributed by atoms with van der Waals surface area (Å²) in [6.07, 6.45) is 0.689. The molecule has 0 aromatic carbocycles. The fourth-order valence-electron chi connectivity index (χ4n) is 1.56. The van der Waals surface area contributed by atoms with E-state index in [1.807, 2.05) is 43.5 Å². The Morgan fingerprint density at radius 3 is 2.73 bits per heavy atom. The van der Waals surface area contributed by atoms with Crippen LogP contribution in [0, 0.1) is 6.92 Å². The van der Waals surface area contributed by atoms with E-state index in [4.69, 9.17) is 5.73 Å². The van der Waals surface area contributed by atoms with Crippen LogP contribution in [0.15, 0.2) is 18.2 Å². The number of fused-ring (bicyclic) bond motifs is 1. The van der Waals surface area contributed by atoms with Gasteiger partial charge in [0.1, 0.15) is 0 Å². The Morgan fingerprint density at radius 1 is 1.40 bits per heavy atom. The average molecular weight is 204 g/mol. The molecule has 0 unspecified atom stereocenters. The molecule has 0 saturated carbocycles. The van der Waals surface area contributed by atoms with Crippen LogP contribution in [-0.2, 0) is 6.42 Å². The highest BCUT2D eigenvalue weighted by Gasteiger charge is 2.15. The van der Waals surface area contributed by atoms with Gasteiger partial charge in [-0.3, -0.25) is 0 Å². The van der Waals surface area contributed by atoms with Crippen molar-refractivity contribution < 1.29 is 0 Å². The molecule has 2 aromatic heterocycles. The molecule has 0 aliphatic carbocycles. The van der Waals surface area contributed by atoms with Gasteiger partial charge in [0.05, 0.1) is 0 Å². The number of nitrogens with two attached hydrogens (primary N) is 1. The van der Waals surface area contributed by atoms with Gasteiger partial charge in [-0.2, -0.15) is 5.10 Å². The van der Waals surface area contributed by atoms with E-state index in [2.05, 4.69) is 10.1 Å². The van der Waals surface area contributed by atoms with Crippen LogP contribution >= 0.6 is 0 Å². The Bertz CT molecular complexity index is 479. The van der Waals surface area contributed by atoms with E-state index >= 15 is 0 Å². The molecule has 0 aliphatic rings. The molecule has 2 N–H and O–H groups in total. The molecule has 0 fully saturated rings. The van der Waals surface area contributed by atoms with Crippen LogP contribution in [0.3, 0.4) is 0 Å². The second-order valence-electron chi connectivity index (χ2n) is 4.63. The minimum absolute atomic E-state index is 0.265. The normalized spacial score (nSPS) is 12.3. The maximum Gasteiger partial charge on any atom is 0.155 e. The van der Waals surface area contributed by atoms with Crippen molar-refractivity contribution in [3.8, 4) is 0 Å². The Morgan fingerprint density at radius 2 is 2.13 bits per heavy atom. The van der Waals surface area contributed by atoms with E-state index in [0.29, 0.717) is 6.42 Å². The summed E-state index contributed by atoms with van der Waals surface area (Å²) in [5.74, 6) is 0.803. The van der Waals surface area contributed by atoms with E-state index < -0.39 is 0 Å². The minimum Gasteiger partial charge on any atom is -0.325 e. The van der Waals surface area contributed by atoms with Crippen molar-refractivity contribution >= 4 is 5.65 Å². The summed E-state index contributed by atoms with van der Waals surface area (Å²) >= 11 is 0. The maximum absolute atomic E-state index is 5.94. The molecule has 4 heteroatoms. The predicted molar refractivity (Wildman–Crippen MR) is 59.7 cm³/mol. The summed E-state index contributed by atoms with van der Waals surface area (Å²) in [6, 6.07) is 5.95. The van der Waals surface area contributed by atoms with Crippen LogP contribution in [0.1, 0.15) is 25.4 Å².